The van der Waals surface area contributed by atoms with Gasteiger partial charge >= 0.3 is 146 Å². The van der Waals surface area contributed by atoms with Crippen LogP contribution in [0.1, 0.15) is 0 Å². The van der Waals surface area contributed by atoms with E-state index in [1.807, 2.05) is 0 Å². The fraction of sp³-hybridized carbons (Fsp3) is 0.136. The van der Waals surface area contributed by atoms with Crippen molar-refractivity contribution in [1.82, 2.24) is 4.98 Å². The molecule has 3 aromatic carbocycles. The van der Waals surface area contributed by atoms with E-state index in [1.165, 1.54) is 31.5 Å². The van der Waals surface area contributed by atoms with E-state index in [-0.39, 0.29) is 0 Å². The maximum atomic E-state index is 4.73. The second kappa shape index (κ2) is 5.75. The molecule has 0 radical (unpaired) electrons. The number of hydrogen-bond acceptors (Lipinski definition) is 1. The van der Waals surface area contributed by atoms with Crippen LogP contribution in [0, 0.1) is 0 Å². The van der Waals surface area contributed by atoms with Gasteiger partial charge in [0.05, 0.1) is 0 Å². The van der Waals surface area contributed by atoms with Crippen LogP contribution in [0.3, 0.4) is 0 Å². The standard InChI is InChI=1S/C22H21GeN/c1-23(2,3)19-11-13-22(24-15-19)18-10-12-21-17(14-18)9-8-16-6-4-5-7-20(16)21/h4-15H,1-3H3. The van der Waals surface area contributed by atoms with Crippen molar-refractivity contribution in [3.8, 4) is 11.3 Å². The van der Waals surface area contributed by atoms with Gasteiger partial charge in [-0.05, 0) is 0 Å². The molecule has 0 atom stereocenters. The summed E-state index contributed by atoms with van der Waals surface area (Å²) in [5.74, 6) is 7.20. The molecule has 0 saturated heterocycles. The first-order valence-corrected chi connectivity index (χ1v) is 15.8. The summed E-state index contributed by atoms with van der Waals surface area (Å²) in [6.07, 6.45) is 2.08. The minimum atomic E-state index is -1.79. The van der Waals surface area contributed by atoms with Gasteiger partial charge in [-0.3, -0.25) is 0 Å². The second-order valence-corrected chi connectivity index (χ2v) is 18.1. The van der Waals surface area contributed by atoms with Crippen LogP contribution in [-0.4, -0.2) is 18.3 Å². The minimum absolute atomic E-state index is 1.06. The van der Waals surface area contributed by atoms with Crippen LogP contribution in [0.25, 0.3) is 32.8 Å². The van der Waals surface area contributed by atoms with E-state index in [4.69, 9.17) is 4.98 Å². The van der Waals surface area contributed by atoms with Crippen molar-refractivity contribution in [2.45, 2.75) is 17.3 Å². The first kappa shape index (κ1) is 15.4. The molecular formula is C22H21GeN. The number of aromatic nitrogens is 1. The van der Waals surface area contributed by atoms with Crippen molar-refractivity contribution < 1.29 is 0 Å². The van der Waals surface area contributed by atoms with E-state index >= 15 is 0 Å². The molecule has 0 aliphatic heterocycles. The number of nitrogens with zero attached hydrogens (tertiary/aromatic N) is 1. The molecule has 0 aliphatic rings. The number of pyridine rings is 1. The van der Waals surface area contributed by atoms with Crippen molar-refractivity contribution >= 4 is 39.2 Å². The molecule has 0 amide bonds. The fourth-order valence-corrected chi connectivity index (χ4v) is 5.35. The van der Waals surface area contributed by atoms with E-state index in [0.717, 1.165) is 5.69 Å². The van der Waals surface area contributed by atoms with Gasteiger partial charge in [-0.15, -0.1) is 0 Å². The predicted octanol–water partition coefficient (Wildman–Crippen LogP) is 5.60. The van der Waals surface area contributed by atoms with Gasteiger partial charge in [-0.2, -0.15) is 0 Å². The van der Waals surface area contributed by atoms with Crippen LogP contribution in [0.2, 0.25) is 17.3 Å². The predicted molar refractivity (Wildman–Crippen MR) is 108 cm³/mol. The van der Waals surface area contributed by atoms with Crippen molar-refractivity contribution in [1.29, 1.82) is 0 Å². The molecule has 1 aromatic heterocycles. The summed E-state index contributed by atoms with van der Waals surface area (Å²) in [4.78, 5) is 4.73. The van der Waals surface area contributed by atoms with E-state index in [9.17, 15) is 0 Å². The van der Waals surface area contributed by atoms with Crippen molar-refractivity contribution in [3.63, 3.8) is 0 Å². The van der Waals surface area contributed by atoms with Gasteiger partial charge in [-0.1, -0.05) is 0 Å². The summed E-state index contributed by atoms with van der Waals surface area (Å²) in [6.45, 7) is 0. The zero-order valence-corrected chi connectivity index (χ0v) is 16.5. The monoisotopic (exact) mass is 373 g/mol. The van der Waals surface area contributed by atoms with Crippen LogP contribution in [0.5, 0.6) is 0 Å². The Morgan fingerprint density at radius 2 is 1.46 bits per heavy atom. The Kier molecular flexibility index (Phi) is 3.69. The van der Waals surface area contributed by atoms with E-state index in [2.05, 4.69) is 90.2 Å². The molecule has 0 spiro atoms. The van der Waals surface area contributed by atoms with Crippen molar-refractivity contribution in [2.24, 2.45) is 0 Å². The van der Waals surface area contributed by atoms with E-state index in [0.29, 0.717) is 0 Å². The summed E-state index contributed by atoms with van der Waals surface area (Å²) in [5.41, 5.74) is 2.24. The zero-order chi connectivity index (χ0) is 16.7. The average Bonchev–Trinajstić information content (AvgIpc) is 2.60. The van der Waals surface area contributed by atoms with Crippen molar-refractivity contribution in [3.05, 3.63) is 72.9 Å². The molecule has 1 nitrogen and oxygen atoms in total. The molecule has 0 fully saturated rings. The van der Waals surface area contributed by atoms with Gasteiger partial charge in [0.2, 0.25) is 0 Å². The fourth-order valence-electron chi connectivity index (χ4n) is 3.18. The van der Waals surface area contributed by atoms with Gasteiger partial charge in [0.1, 0.15) is 0 Å². The molecule has 118 valence electrons. The van der Waals surface area contributed by atoms with Crippen LogP contribution in [-0.2, 0) is 0 Å². The molecule has 0 unspecified atom stereocenters. The Morgan fingerprint density at radius 3 is 2.21 bits per heavy atom. The molecule has 1 heterocycles. The molecule has 2 heteroatoms. The molecule has 0 saturated carbocycles. The number of fused-ring (bicyclic) bond motifs is 3. The van der Waals surface area contributed by atoms with Gasteiger partial charge < -0.3 is 0 Å². The molecule has 24 heavy (non-hydrogen) atoms. The Morgan fingerprint density at radius 1 is 0.708 bits per heavy atom. The number of hydrogen-bond donors (Lipinski definition) is 0. The molecule has 0 aliphatic carbocycles. The third-order valence-electron chi connectivity index (χ3n) is 4.67. The third kappa shape index (κ3) is 2.74. The van der Waals surface area contributed by atoms with E-state index < -0.39 is 13.3 Å². The van der Waals surface area contributed by atoms with Crippen LogP contribution >= 0.6 is 0 Å². The summed E-state index contributed by atoms with van der Waals surface area (Å²) in [5, 5.41) is 5.17. The first-order valence-electron chi connectivity index (χ1n) is 8.41. The van der Waals surface area contributed by atoms with Crippen molar-refractivity contribution in [2.75, 3.05) is 0 Å². The molecule has 0 bridgehead atoms. The summed E-state index contributed by atoms with van der Waals surface area (Å²) < 4.78 is 1.45. The van der Waals surface area contributed by atoms with Crippen LogP contribution in [0.4, 0.5) is 0 Å². The summed E-state index contributed by atoms with van der Waals surface area (Å²) in [6, 6.07) is 24.1. The third-order valence-corrected chi connectivity index (χ3v) is 8.92. The topological polar surface area (TPSA) is 12.9 Å². The second-order valence-electron chi connectivity index (χ2n) is 7.40. The van der Waals surface area contributed by atoms with Gasteiger partial charge in [0, 0.05) is 0 Å². The van der Waals surface area contributed by atoms with Crippen LogP contribution < -0.4 is 4.40 Å². The Labute approximate surface area is 145 Å². The Balaban J connectivity index is 1.82. The molecule has 4 rings (SSSR count). The molecule has 0 N–H and O–H groups in total. The molecule has 4 aromatic rings. The Bertz CT molecular complexity index is 1030. The summed E-state index contributed by atoms with van der Waals surface area (Å²) >= 11 is -1.79. The normalized spacial score (nSPS) is 12.0. The molecular weight excluding hydrogens is 351 g/mol. The van der Waals surface area contributed by atoms with Crippen LogP contribution in [0.15, 0.2) is 72.9 Å². The average molecular weight is 372 g/mol. The number of benzene rings is 3. The quantitative estimate of drug-likeness (QED) is 0.330. The van der Waals surface area contributed by atoms with Gasteiger partial charge in [-0.25, -0.2) is 0 Å². The summed E-state index contributed by atoms with van der Waals surface area (Å²) in [7, 11) is 0. The maximum absolute atomic E-state index is 4.73. The Hall–Kier alpha value is -2.13. The van der Waals surface area contributed by atoms with Gasteiger partial charge in [0.15, 0.2) is 0 Å². The van der Waals surface area contributed by atoms with E-state index in [1.54, 1.807) is 0 Å². The zero-order valence-electron chi connectivity index (χ0n) is 14.4. The van der Waals surface area contributed by atoms with Gasteiger partial charge in [0.25, 0.3) is 0 Å². The number of rotatable bonds is 2. The first-order chi connectivity index (χ1) is 11.5. The SMILES string of the molecule is [CH3][Ge]([CH3])([CH3])[c]1ccc(-c2ccc3c(ccc4ccccc43)c2)nc1.